The molecular formula is C12H24N2S. The first-order valence-corrected chi connectivity index (χ1v) is 7.14. The van der Waals surface area contributed by atoms with Crippen LogP contribution in [0.15, 0.2) is 4.99 Å². The van der Waals surface area contributed by atoms with Gasteiger partial charge in [0.05, 0.1) is 0 Å². The van der Waals surface area contributed by atoms with E-state index in [0.29, 0.717) is 6.04 Å². The maximum absolute atomic E-state index is 4.55. The van der Waals surface area contributed by atoms with Crippen molar-refractivity contribution < 1.29 is 0 Å². The van der Waals surface area contributed by atoms with Gasteiger partial charge >= 0.3 is 0 Å². The van der Waals surface area contributed by atoms with Crippen LogP contribution in [0.4, 0.5) is 0 Å². The molecule has 0 aromatic heterocycles. The van der Waals surface area contributed by atoms with Crippen molar-refractivity contribution in [2.75, 3.05) is 12.3 Å². The van der Waals surface area contributed by atoms with Crippen LogP contribution >= 0.6 is 11.8 Å². The van der Waals surface area contributed by atoms with Gasteiger partial charge in [-0.15, -0.1) is 0 Å². The van der Waals surface area contributed by atoms with Crippen molar-refractivity contribution in [3.05, 3.63) is 0 Å². The Kier molecular flexibility index (Phi) is 6.15. The third-order valence-corrected chi connectivity index (χ3v) is 3.92. The van der Waals surface area contributed by atoms with Crippen LogP contribution in [0.2, 0.25) is 0 Å². The highest BCUT2D eigenvalue weighted by molar-refractivity contribution is 8.13. The molecule has 1 aliphatic rings. The summed E-state index contributed by atoms with van der Waals surface area (Å²) in [6.07, 6.45) is 5.25. The molecule has 1 heterocycles. The molecule has 15 heavy (non-hydrogen) atoms. The van der Waals surface area contributed by atoms with Gasteiger partial charge in [-0.05, 0) is 19.3 Å². The normalized spacial score (nSPS) is 23.4. The molecule has 0 aliphatic carbocycles. The smallest absolute Gasteiger partial charge is 0.156 e. The van der Waals surface area contributed by atoms with Gasteiger partial charge in [0.15, 0.2) is 5.17 Å². The van der Waals surface area contributed by atoms with Gasteiger partial charge in [-0.3, -0.25) is 4.99 Å². The Bertz CT molecular complexity index is 204. The first-order chi connectivity index (χ1) is 7.22. The summed E-state index contributed by atoms with van der Waals surface area (Å²) in [5, 5.41) is 4.68. The van der Waals surface area contributed by atoms with Crippen LogP contribution < -0.4 is 5.32 Å². The molecule has 2 atom stereocenters. The van der Waals surface area contributed by atoms with Crippen LogP contribution in [0.1, 0.15) is 46.5 Å². The van der Waals surface area contributed by atoms with Gasteiger partial charge in [0, 0.05) is 18.3 Å². The molecule has 3 heteroatoms. The van der Waals surface area contributed by atoms with E-state index in [4.69, 9.17) is 0 Å². The van der Waals surface area contributed by atoms with Gasteiger partial charge in [-0.1, -0.05) is 44.9 Å². The number of amidine groups is 1. The topological polar surface area (TPSA) is 24.4 Å². The van der Waals surface area contributed by atoms with Crippen molar-refractivity contribution in [1.82, 2.24) is 5.32 Å². The quantitative estimate of drug-likeness (QED) is 0.730. The Balaban J connectivity index is 2.17. The van der Waals surface area contributed by atoms with Crippen molar-refractivity contribution in [2.45, 2.75) is 52.5 Å². The predicted octanol–water partition coefficient (Wildman–Crippen LogP) is 3.28. The molecule has 2 nitrogen and oxygen atoms in total. The van der Waals surface area contributed by atoms with Crippen LogP contribution in [0.25, 0.3) is 0 Å². The SMILES string of the molecule is CCCCCC(C)NC1=NCC(C)CS1. The summed E-state index contributed by atoms with van der Waals surface area (Å²) in [5.74, 6) is 1.96. The van der Waals surface area contributed by atoms with Crippen LogP contribution in [0.5, 0.6) is 0 Å². The van der Waals surface area contributed by atoms with Crippen LogP contribution in [0.3, 0.4) is 0 Å². The third kappa shape index (κ3) is 5.45. The molecule has 0 spiro atoms. The van der Waals surface area contributed by atoms with E-state index in [9.17, 15) is 0 Å². The molecule has 0 saturated carbocycles. The van der Waals surface area contributed by atoms with Gasteiger partial charge in [0.2, 0.25) is 0 Å². The van der Waals surface area contributed by atoms with Crippen molar-refractivity contribution in [2.24, 2.45) is 10.9 Å². The zero-order valence-corrected chi connectivity index (χ0v) is 11.1. The van der Waals surface area contributed by atoms with E-state index in [0.717, 1.165) is 17.6 Å². The maximum Gasteiger partial charge on any atom is 0.156 e. The molecular weight excluding hydrogens is 204 g/mol. The lowest BCUT2D eigenvalue weighted by Crippen LogP contribution is -2.33. The van der Waals surface area contributed by atoms with Gasteiger partial charge < -0.3 is 5.32 Å². The number of hydrogen-bond donors (Lipinski definition) is 1. The Hall–Kier alpha value is -0.180. The zero-order chi connectivity index (χ0) is 11.1. The van der Waals surface area contributed by atoms with Crippen LogP contribution in [0, 0.1) is 5.92 Å². The molecule has 1 aliphatic heterocycles. The number of rotatable bonds is 5. The highest BCUT2D eigenvalue weighted by atomic mass is 32.2. The molecule has 0 aromatic rings. The number of nitrogens with one attached hydrogen (secondary N) is 1. The van der Waals surface area contributed by atoms with Crippen molar-refractivity contribution in [1.29, 1.82) is 0 Å². The maximum atomic E-state index is 4.55. The van der Waals surface area contributed by atoms with E-state index in [1.54, 1.807) is 0 Å². The summed E-state index contributed by atoms with van der Waals surface area (Å²) in [6, 6.07) is 0.580. The van der Waals surface area contributed by atoms with Crippen molar-refractivity contribution in [3.63, 3.8) is 0 Å². The van der Waals surface area contributed by atoms with Crippen molar-refractivity contribution in [3.8, 4) is 0 Å². The number of unbranched alkanes of at least 4 members (excludes halogenated alkanes) is 2. The lowest BCUT2D eigenvalue weighted by molar-refractivity contribution is 0.554. The Morgan fingerprint density at radius 1 is 1.53 bits per heavy atom. The van der Waals surface area contributed by atoms with Crippen LogP contribution in [-0.4, -0.2) is 23.5 Å². The molecule has 1 N–H and O–H groups in total. The molecule has 88 valence electrons. The van der Waals surface area contributed by atoms with E-state index in [2.05, 4.69) is 31.1 Å². The molecule has 0 bridgehead atoms. The third-order valence-electron chi connectivity index (χ3n) is 2.66. The summed E-state index contributed by atoms with van der Waals surface area (Å²) >= 11 is 1.88. The summed E-state index contributed by atoms with van der Waals surface area (Å²) in [7, 11) is 0. The summed E-state index contributed by atoms with van der Waals surface area (Å²) in [6.45, 7) is 7.77. The summed E-state index contributed by atoms with van der Waals surface area (Å²) in [4.78, 5) is 4.55. The second-order valence-corrected chi connectivity index (χ2v) is 5.61. The van der Waals surface area contributed by atoms with Gasteiger partial charge in [-0.2, -0.15) is 0 Å². The molecule has 0 fully saturated rings. The van der Waals surface area contributed by atoms with E-state index in [-0.39, 0.29) is 0 Å². The second-order valence-electron chi connectivity index (χ2n) is 4.60. The zero-order valence-electron chi connectivity index (χ0n) is 10.3. The predicted molar refractivity (Wildman–Crippen MR) is 70.7 cm³/mol. The Morgan fingerprint density at radius 3 is 2.93 bits per heavy atom. The van der Waals surface area contributed by atoms with Crippen molar-refractivity contribution >= 4 is 16.9 Å². The van der Waals surface area contributed by atoms with E-state index < -0.39 is 0 Å². The molecule has 0 aromatic carbocycles. The average Bonchev–Trinajstić information content (AvgIpc) is 2.22. The Labute approximate surface area is 98.3 Å². The average molecular weight is 228 g/mol. The highest BCUT2D eigenvalue weighted by Gasteiger charge is 2.13. The molecule has 2 unspecified atom stereocenters. The minimum absolute atomic E-state index is 0.580. The molecule has 0 amide bonds. The largest absolute Gasteiger partial charge is 0.362 e. The first kappa shape index (κ1) is 12.9. The van der Waals surface area contributed by atoms with Gasteiger partial charge in [0.1, 0.15) is 0 Å². The molecule has 0 radical (unpaired) electrons. The minimum atomic E-state index is 0.580. The first-order valence-electron chi connectivity index (χ1n) is 6.16. The Morgan fingerprint density at radius 2 is 2.33 bits per heavy atom. The fourth-order valence-corrected chi connectivity index (χ4v) is 2.63. The lowest BCUT2D eigenvalue weighted by Gasteiger charge is -2.21. The summed E-state index contributed by atoms with van der Waals surface area (Å²) < 4.78 is 0. The highest BCUT2D eigenvalue weighted by Crippen LogP contribution is 2.16. The monoisotopic (exact) mass is 228 g/mol. The number of hydrogen-bond acceptors (Lipinski definition) is 3. The fourth-order valence-electron chi connectivity index (χ4n) is 1.63. The minimum Gasteiger partial charge on any atom is -0.362 e. The number of nitrogens with zero attached hydrogens (tertiary/aromatic N) is 1. The number of thioether (sulfide) groups is 1. The molecule has 0 saturated heterocycles. The van der Waals surface area contributed by atoms with E-state index in [1.807, 2.05) is 11.8 Å². The van der Waals surface area contributed by atoms with E-state index in [1.165, 1.54) is 31.4 Å². The number of aliphatic imine (C=N–C) groups is 1. The van der Waals surface area contributed by atoms with Gasteiger partial charge in [0.25, 0.3) is 0 Å². The van der Waals surface area contributed by atoms with Gasteiger partial charge in [-0.25, -0.2) is 0 Å². The lowest BCUT2D eigenvalue weighted by atomic mass is 10.1. The standard InChI is InChI=1S/C12H24N2S/c1-4-5-6-7-11(3)14-12-13-8-10(2)9-15-12/h10-11H,4-9H2,1-3H3,(H,13,14). The van der Waals surface area contributed by atoms with E-state index >= 15 is 0 Å². The van der Waals surface area contributed by atoms with Crippen LogP contribution in [-0.2, 0) is 0 Å². The molecule has 1 rings (SSSR count). The summed E-state index contributed by atoms with van der Waals surface area (Å²) in [5.41, 5.74) is 0. The second kappa shape index (κ2) is 7.15. The fraction of sp³-hybridized carbons (Fsp3) is 0.917.